The minimum absolute atomic E-state index is 0. The third kappa shape index (κ3) is 19.5. The highest BCUT2D eigenvalue weighted by atomic mass is 16.6. The summed E-state index contributed by atoms with van der Waals surface area (Å²) in [6, 6.07) is 28.9. The highest BCUT2D eigenvalue weighted by Crippen LogP contribution is 2.52. The number of carbonyl (C=O) groups is 3. The number of oxime groups is 3. The van der Waals surface area contributed by atoms with Crippen molar-refractivity contribution in [3.8, 4) is 0 Å². The smallest absolute Gasteiger partial charge is 0.303 e. The molecule has 3 N–H and O–H groups in total. The molecule has 6 aromatic rings. The summed E-state index contributed by atoms with van der Waals surface area (Å²) in [4.78, 5) is 116. The van der Waals surface area contributed by atoms with Gasteiger partial charge in [0.05, 0.1) is 52.4 Å². The number of aliphatic carboxylic acids is 3. The van der Waals surface area contributed by atoms with Crippen LogP contribution in [0.15, 0.2) is 103 Å². The molecule has 9 heterocycles. The molecule has 24 heteroatoms. The fourth-order valence-corrected chi connectivity index (χ4v) is 25.4. The predicted molar refractivity (Wildman–Crippen MR) is 469 cm³/mol. The Kier molecular flexibility index (Phi) is 28.3. The van der Waals surface area contributed by atoms with Gasteiger partial charge < -0.3 is 43.5 Å². The van der Waals surface area contributed by atoms with Crippen molar-refractivity contribution in [3.63, 3.8) is 0 Å². The topological polar surface area (TPSA) is 291 Å². The maximum atomic E-state index is 14.3. The van der Waals surface area contributed by atoms with Crippen LogP contribution >= 0.6 is 0 Å². The molecule has 12 unspecified atom stereocenters. The summed E-state index contributed by atoms with van der Waals surface area (Å²) in [5.41, 5.74) is 5.75. The zero-order valence-corrected chi connectivity index (χ0v) is 71.1. The predicted octanol–water partition coefficient (Wildman–Crippen LogP) is 18.0. The molecule has 6 saturated carbocycles. The molecule has 12 fully saturated rings. The Hall–Kier alpha value is -8.22. The molecule has 6 saturated heterocycles. The van der Waals surface area contributed by atoms with Gasteiger partial charge in [-0.3, -0.25) is 43.5 Å². The number of nitrogens with zero attached hydrogens (tertiary/aromatic N) is 12. The minimum Gasteiger partial charge on any atom is -0.481 e. The standard InChI is InChI=1S/2C32H44N4O4.C31H42N4O4.CH4/c1-20(2)40-34-28(13-14-30(37)38)31-32(39)36(29-12-4-3-11-27(29)33-31)26-18-23-9-6-10-24(19-26)35(23)25-16-21-7-5-8-22(15-21)17-25;1-20(2)40-34-28(13-14-30(37)38)31-32(39)36(29-10-6-5-9-27(29)33-31)26-18-23-11-12-24(19-26)35(23)25-16-21-7-3-4-8-22(15-21)17-25;1-39-33-27(13-14-29(36)37)30-31(38)35(28-12-5-4-11-26(28)32-30)25-18-22-9-6-10-23(19-25)34(22)24-16-20-7-2-3-8-21(15-20)17-24;/h3-4,11-12,20-26H,5-10,13-19H2,1-2H3,(H,37,38);5-6,9-10,20-26H,3-4,7-8,11-19H2,1-2H3,(H,37,38);4-5,11-12,20-25H,2-3,6-10,13-19H2,1H3,(H,36,37);1H4/b2*34-28+;33-27+;. The van der Waals surface area contributed by atoms with Gasteiger partial charge in [0.25, 0.3) is 16.7 Å². The van der Waals surface area contributed by atoms with Crippen molar-refractivity contribution in [3.05, 3.63) is 121 Å². The second-order valence-electron chi connectivity index (χ2n) is 38.5. The van der Waals surface area contributed by atoms with E-state index in [4.69, 9.17) is 24.5 Å². The van der Waals surface area contributed by atoms with Crippen molar-refractivity contribution in [1.29, 1.82) is 0 Å². The molecule has 12 bridgehead atoms. The number of hydrogen-bond donors (Lipinski definition) is 3. The normalized spacial score (nSPS) is 30.9. The maximum absolute atomic E-state index is 14.3. The molecule has 650 valence electrons. The summed E-state index contributed by atoms with van der Waals surface area (Å²) >= 11 is 0. The Morgan fingerprint density at radius 3 is 0.875 bits per heavy atom. The number of fused-ring (bicyclic) bond motifs is 15. The summed E-state index contributed by atoms with van der Waals surface area (Å²) in [5, 5.41) is 40.5. The van der Waals surface area contributed by atoms with Gasteiger partial charge in [-0.05, 0) is 234 Å². The van der Waals surface area contributed by atoms with Crippen molar-refractivity contribution < 1.29 is 44.2 Å². The van der Waals surface area contributed by atoms with E-state index < -0.39 is 17.9 Å². The number of piperidine rings is 5. The fourth-order valence-electron chi connectivity index (χ4n) is 25.4. The maximum Gasteiger partial charge on any atom is 0.303 e. The summed E-state index contributed by atoms with van der Waals surface area (Å²) < 4.78 is 5.90. The molecule has 12 aliphatic rings. The number of carboxylic acid groups (broad SMARTS) is 3. The van der Waals surface area contributed by atoms with Gasteiger partial charge in [0.2, 0.25) is 0 Å². The van der Waals surface area contributed by atoms with E-state index in [1.54, 1.807) is 0 Å². The lowest BCUT2D eigenvalue weighted by Gasteiger charge is -2.55. The largest absolute Gasteiger partial charge is 0.481 e. The van der Waals surface area contributed by atoms with Crippen LogP contribution in [0.4, 0.5) is 0 Å². The second-order valence-corrected chi connectivity index (χ2v) is 38.5. The van der Waals surface area contributed by atoms with E-state index >= 15 is 0 Å². The first-order valence-electron chi connectivity index (χ1n) is 46.3. The van der Waals surface area contributed by atoms with E-state index in [0.717, 1.165) is 107 Å². The van der Waals surface area contributed by atoms with Crippen molar-refractivity contribution in [1.82, 2.24) is 43.4 Å². The van der Waals surface area contributed by atoms with E-state index in [1.807, 2.05) is 114 Å². The van der Waals surface area contributed by atoms with Gasteiger partial charge in [0.1, 0.15) is 36.5 Å². The Morgan fingerprint density at radius 1 is 0.342 bits per heavy atom. The summed E-state index contributed by atoms with van der Waals surface area (Å²) in [6.07, 6.45) is 43.1. The van der Waals surface area contributed by atoms with Crippen molar-refractivity contribution in [2.75, 3.05) is 7.11 Å². The van der Waals surface area contributed by atoms with Crippen LogP contribution in [-0.4, -0.2) is 167 Å². The molecular weight excluding hydrogens is 1510 g/mol. The Labute approximate surface area is 707 Å². The van der Waals surface area contributed by atoms with E-state index in [9.17, 15) is 44.1 Å². The highest BCUT2D eigenvalue weighted by molar-refractivity contribution is 6.02. The lowest BCUT2D eigenvalue weighted by Crippen LogP contribution is -2.58. The summed E-state index contributed by atoms with van der Waals surface area (Å²) in [6.45, 7) is 7.43. The molecule has 0 radical (unpaired) electrons. The molecule has 120 heavy (non-hydrogen) atoms. The first-order valence-corrected chi connectivity index (χ1v) is 46.3. The Balaban J connectivity index is 0.000000140. The van der Waals surface area contributed by atoms with Gasteiger partial charge in [0.15, 0.2) is 17.1 Å². The van der Waals surface area contributed by atoms with Crippen molar-refractivity contribution >= 4 is 68.1 Å². The van der Waals surface area contributed by atoms with Crippen molar-refractivity contribution in [2.24, 2.45) is 51.0 Å². The van der Waals surface area contributed by atoms with Crippen LogP contribution in [0.5, 0.6) is 0 Å². The van der Waals surface area contributed by atoms with Gasteiger partial charge >= 0.3 is 17.9 Å². The zero-order chi connectivity index (χ0) is 82.5. The SMILES string of the molecule is C.CC(C)O/N=C(\CCC(=O)O)c1nc2ccccc2n(C2CC3CCC(C2)N3C2CC3CCCCC(C3)C2)c1=O.CC(C)O/N=C(\CCC(=O)O)c1nc2ccccc2n(C2CC3CCCC(C2)N3C2CC3CCCC(C3)C2)c1=O.CO/N=C(\CCC(=O)O)c1nc2ccccc2n(C2CC3CCCC(C2)N3C2CC3CCCCC(C3)C2)c1=O. The molecule has 12 atom stereocenters. The number of hydrogen-bond acceptors (Lipinski definition) is 18. The van der Waals surface area contributed by atoms with Gasteiger partial charge in [-0.25, -0.2) is 15.0 Å². The Bertz CT molecular complexity index is 4800. The van der Waals surface area contributed by atoms with Crippen LogP contribution in [0.2, 0.25) is 0 Å². The second kappa shape index (κ2) is 39.1. The van der Waals surface area contributed by atoms with Crippen LogP contribution < -0.4 is 16.7 Å². The van der Waals surface area contributed by atoms with E-state index in [-0.39, 0.29) is 110 Å². The number of benzene rings is 3. The van der Waals surface area contributed by atoms with Gasteiger partial charge in [-0.1, -0.05) is 143 Å². The molecule has 6 aliphatic heterocycles. The number of para-hydroxylation sites is 6. The van der Waals surface area contributed by atoms with Crippen molar-refractivity contribution in [2.45, 2.75) is 377 Å². The third-order valence-corrected chi connectivity index (χ3v) is 29.8. The summed E-state index contributed by atoms with van der Waals surface area (Å²) in [7, 11) is 1.42. The molecule has 18 rings (SSSR count). The third-order valence-electron chi connectivity index (χ3n) is 29.8. The first-order chi connectivity index (χ1) is 57.7. The zero-order valence-electron chi connectivity index (χ0n) is 71.1. The number of carboxylic acids is 3. The molecule has 3 aromatic heterocycles. The molecule has 3 aromatic carbocycles. The molecule has 24 nitrogen and oxygen atoms in total. The van der Waals surface area contributed by atoms with E-state index in [2.05, 4.69) is 35.2 Å². The lowest BCUT2D eigenvalue weighted by atomic mass is 9.68. The highest BCUT2D eigenvalue weighted by Gasteiger charge is 2.50. The summed E-state index contributed by atoms with van der Waals surface area (Å²) in [5.74, 6) is 2.58. The molecule has 0 spiro atoms. The van der Waals surface area contributed by atoms with Crippen LogP contribution in [-0.2, 0) is 28.9 Å². The monoisotopic (exact) mass is 1650 g/mol. The first kappa shape index (κ1) is 86.7. The van der Waals surface area contributed by atoms with Gasteiger partial charge in [-0.15, -0.1) is 0 Å². The van der Waals surface area contributed by atoms with Crippen LogP contribution in [0.1, 0.15) is 327 Å². The molecular formula is C96H134N12O12. The van der Waals surface area contributed by atoms with E-state index in [0.29, 0.717) is 71.5 Å². The number of rotatable bonds is 23. The minimum atomic E-state index is -0.942. The van der Waals surface area contributed by atoms with Crippen LogP contribution in [0.3, 0.4) is 0 Å². The molecule has 6 aliphatic carbocycles. The van der Waals surface area contributed by atoms with Crippen LogP contribution in [0.25, 0.3) is 33.1 Å². The number of aromatic nitrogens is 6. The Morgan fingerprint density at radius 2 is 0.600 bits per heavy atom. The average molecular weight is 1650 g/mol. The fraction of sp³-hybridized carbons (Fsp3) is 0.688. The van der Waals surface area contributed by atoms with Gasteiger partial charge in [-0.2, -0.15) is 0 Å². The van der Waals surface area contributed by atoms with Crippen LogP contribution in [0, 0.1) is 35.5 Å². The quantitative estimate of drug-likeness (QED) is 0.0397. The molecule has 0 amide bonds. The van der Waals surface area contributed by atoms with E-state index in [1.165, 1.54) is 187 Å². The van der Waals surface area contributed by atoms with Gasteiger partial charge in [0, 0.05) is 91.8 Å². The average Bonchev–Trinajstić information content (AvgIpc) is 1.72. The lowest BCUT2D eigenvalue weighted by molar-refractivity contribution is -0.137.